The molecule has 1 amide bonds. The Morgan fingerprint density at radius 2 is 1.93 bits per heavy atom. The highest BCUT2D eigenvalue weighted by Crippen LogP contribution is 2.27. The van der Waals surface area contributed by atoms with Crippen molar-refractivity contribution in [1.82, 2.24) is 4.90 Å². The van der Waals surface area contributed by atoms with Crippen molar-refractivity contribution in [3.63, 3.8) is 0 Å². The molecule has 0 unspecified atom stereocenters. The van der Waals surface area contributed by atoms with E-state index in [0.29, 0.717) is 13.1 Å². The van der Waals surface area contributed by atoms with Gasteiger partial charge in [0, 0.05) is 11.6 Å². The van der Waals surface area contributed by atoms with E-state index in [4.69, 9.17) is 0 Å². The van der Waals surface area contributed by atoms with Gasteiger partial charge >= 0.3 is 5.97 Å². The van der Waals surface area contributed by atoms with Gasteiger partial charge in [0.05, 0.1) is 44.8 Å². The maximum Gasteiger partial charge on any atom is 0.321 e. The molecular weight excluding hydrogens is 378 g/mol. The van der Waals surface area contributed by atoms with Gasteiger partial charge in [-0.3, -0.25) is 19.7 Å². The van der Waals surface area contributed by atoms with Crippen LogP contribution in [0.5, 0.6) is 0 Å². The van der Waals surface area contributed by atoms with Gasteiger partial charge in [-0.25, -0.2) is 8.42 Å². The van der Waals surface area contributed by atoms with Gasteiger partial charge in [-0.15, -0.1) is 0 Å². The highest BCUT2D eigenvalue weighted by atomic mass is 32.2. The van der Waals surface area contributed by atoms with Crippen molar-refractivity contribution in [1.29, 1.82) is 0 Å². The third-order valence-electron chi connectivity index (χ3n) is 4.26. The average Bonchev–Trinajstić information content (AvgIpc) is 2.61. The Morgan fingerprint density at radius 1 is 1.30 bits per heavy atom. The number of likely N-dealkylation sites (N-methyl/N-ethyl adjacent to an activating group) is 1. The molecule has 0 spiro atoms. The number of piperazine rings is 1. The predicted octanol–water partition coefficient (Wildman–Crippen LogP) is -1.10. The van der Waals surface area contributed by atoms with Crippen molar-refractivity contribution < 1.29 is 32.6 Å². The molecule has 27 heavy (non-hydrogen) atoms. The number of esters is 1. The van der Waals surface area contributed by atoms with E-state index >= 15 is 0 Å². The third-order valence-corrected chi connectivity index (χ3v) is 5.89. The summed E-state index contributed by atoms with van der Waals surface area (Å²) >= 11 is 0. The van der Waals surface area contributed by atoms with Crippen molar-refractivity contribution in [2.75, 3.05) is 45.6 Å². The van der Waals surface area contributed by atoms with Crippen LogP contribution < -0.4 is 4.90 Å². The molecule has 1 saturated heterocycles. The summed E-state index contributed by atoms with van der Waals surface area (Å²) in [4.78, 5) is 36.8. The second-order valence-corrected chi connectivity index (χ2v) is 8.21. The fraction of sp³-hybridized carbons (Fsp3) is 0.500. The molecule has 1 aromatic rings. The SMILES string of the molecule is CCOC(=O)CS(=O)(=O)c1ccc(C(=O)N2CC[NH+](C)CC2)cc1[N+](=O)[O-]. The molecule has 0 atom stereocenters. The maximum atomic E-state index is 12.6. The molecule has 1 fully saturated rings. The number of amides is 1. The number of nitrogens with one attached hydrogen (secondary N) is 1. The van der Waals surface area contributed by atoms with Crippen molar-refractivity contribution in [2.45, 2.75) is 11.8 Å². The van der Waals surface area contributed by atoms with Crippen LogP contribution >= 0.6 is 0 Å². The van der Waals surface area contributed by atoms with Crippen LogP contribution in [0, 0.1) is 10.1 Å². The van der Waals surface area contributed by atoms with Crippen LogP contribution in [0.2, 0.25) is 0 Å². The van der Waals surface area contributed by atoms with E-state index in [1.807, 2.05) is 7.05 Å². The molecule has 148 valence electrons. The molecule has 0 aromatic heterocycles. The Labute approximate surface area is 156 Å². The number of quaternary nitrogens is 1. The second-order valence-electron chi connectivity index (χ2n) is 6.25. The summed E-state index contributed by atoms with van der Waals surface area (Å²) in [6, 6.07) is 3.19. The molecule has 1 N–H and O–H groups in total. The number of nitrogens with zero attached hydrogens (tertiary/aromatic N) is 2. The van der Waals surface area contributed by atoms with Gasteiger partial charge in [-0.05, 0) is 19.1 Å². The molecule has 1 heterocycles. The molecule has 0 aliphatic carbocycles. The van der Waals surface area contributed by atoms with Gasteiger partial charge in [0.1, 0.15) is 4.90 Å². The monoisotopic (exact) mass is 400 g/mol. The van der Waals surface area contributed by atoms with Crippen molar-refractivity contribution in [2.24, 2.45) is 0 Å². The number of sulfone groups is 1. The molecular formula is C16H22N3O7S+. The highest BCUT2D eigenvalue weighted by Gasteiger charge is 2.31. The normalized spacial score (nSPS) is 15.4. The lowest BCUT2D eigenvalue weighted by molar-refractivity contribution is -0.883. The Kier molecular flexibility index (Phi) is 6.50. The van der Waals surface area contributed by atoms with Gasteiger partial charge in [0.2, 0.25) is 0 Å². The zero-order valence-corrected chi connectivity index (χ0v) is 16.0. The maximum absolute atomic E-state index is 12.6. The molecule has 1 aliphatic rings. The first kappa shape index (κ1) is 20.8. The Morgan fingerprint density at radius 3 is 2.48 bits per heavy atom. The van der Waals surface area contributed by atoms with Gasteiger partial charge in [-0.1, -0.05) is 0 Å². The van der Waals surface area contributed by atoms with Crippen LogP contribution in [0.3, 0.4) is 0 Å². The molecule has 10 nitrogen and oxygen atoms in total. The molecule has 0 bridgehead atoms. The van der Waals surface area contributed by atoms with E-state index in [1.54, 1.807) is 4.90 Å². The van der Waals surface area contributed by atoms with E-state index in [9.17, 15) is 28.1 Å². The number of hydrogen-bond donors (Lipinski definition) is 1. The van der Waals surface area contributed by atoms with Crippen molar-refractivity contribution in [3.8, 4) is 0 Å². The average molecular weight is 400 g/mol. The first-order chi connectivity index (χ1) is 12.7. The first-order valence-corrected chi connectivity index (χ1v) is 10.1. The van der Waals surface area contributed by atoms with E-state index in [1.165, 1.54) is 17.9 Å². The zero-order chi connectivity index (χ0) is 20.2. The highest BCUT2D eigenvalue weighted by molar-refractivity contribution is 7.92. The topological polar surface area (TPSA) is 128 Å². The summed E-state index contributed by atoms with van der Waals surface area (Å²) in [7, 11) is -2.27. The summed E-state index contributed by atoms with van der Waals surface area (Å²) in [5.41, 5.74) is -0.693. The standard InChI is InChI=1S/C16H21N3O7S/c1-3-26-15(20)11-27(24,25)14-5-4-12(10-13(14)19(22)23)16(21)18-8-6-17(2)7-9-18/h4-5,10H,3,6-9,11H2,1-2H3/p+1. The number of carbonyl (C=O) groups excluding carboxylic acids is 2. The lowest BCUT2D eigenvalue weighted by atomic mass is 10.1. The van der Waals surface area contributed by atoms with Crippen LogP contribution in [0.25, 0.3) is 0 Å². The number of nitro benzene ring substituents is 1. The van der Waals surface area contributed by atoms with E-state index in [0.717, 1.165) is 25.2 Å². The molecule has 0 saturated carbocycles. The minimum absolute atomic E-state index is 0.00335. The van der Waals surface area contributed by atoms with Crippen molar-refractivity contribution in [3.05, 3.63) is 33.9 Å². The summed E-state index contributed by atoms with van der Waals surface area (Å²) in [5.74, 6) is -2.39. The van der Waals surface area contributed by atoms with Crippen LogP contribution in [-0.4, -0.2) is 75.7 Å². The number of benzene rings is 1. The van der Waals surface area contributed by atoms with Gasteiger partial charge in [-0.2, -0.15) is 0 Å². The van der Waals surface area contributed by atoms with Crippen LogP contribution in [0.1, 0.15) is 17.3 Å². The van der Waals surface area contributed by atoms with Gasteiger partial charge in [0.25, 0.3) is 11.6 Å². The number of rotatable bonds is 6. The summed E-state index contributed by atoms with van der Waals surface area (Å²) in [5, 5.41) is 11.4. The number of nitro groups is 1. The van der Waals surface area contributed by atoms with Gasteiger partial charge < -0.3 is 14.5 Å². The number of hydrogen-bond acceptors (Lipinski definition) is 7. The third kappa shape index (κ3) is 5.01. The van der Waals surface area contributed by atoms with E-state index in [-0.39, 0.29) is 18.1 Å². The summed E-state index contributed by atoms with van der Waals surface area (Å²) in [6.07, 6.45) is 0. The minimum atomic E-state index is -4.28. The van der Waals surface area contributed by atoms with Crippen LogP contribution in [0.4, 0.5) is 5.69 Å². The van der Waals surface area contributed by atoms with Crippen LogP contribution in [-0.2, 0) is 19.4 Å². The fourth-order valence-electron chi connectivity index (χ4n) is 2.77. The lowest BCUT2D eigenvalue weighted by Gasteiger charge is -2.30. The first-order valence-electron chi connectivity index (χ1n) is 8.43. The second kappa shape index (κ2) is 8.44. The van der Waals surface area contributed by atoms with E-state index < -0.39 is 37.1 Å². The van der Waals surface area contributed by atoms with Crippen LogP contribution in [0.15, 0.2) is 23.1 Å². The molecule has 0 radical (unpaired) electrons. The molecule has 11 heteroatoms. The van der Waals surface area contributed by atoms with E-state index in [2.05, 4.69) is 4.74 Å². The zero-order valence-electron chi connectivity index (χ0n) is 15.1. The Hall–Kier alpha value is -2.53. The predicted molar refractivity (Wildman–Crippen MR) is 94.3 cm³/mol. The lowest BCUT2D eigenvalue weighted by Crippen LogP contribution is -3.12. The smallest absolute Gasteiger partial charge is 0.321 e. The summed E-state index contributed by atoms with van der Waals surface area (Å²) < 4.78 is 29.3. The number of carbonyl (C=O) groups is 2. The molecule has 2 rings (SSSR count). The fourth-order valence-corrected chi connectivity index (χ4v) is 4.04. The Bertz CT molecular complexity index is 846. The molecule has 1 aromatic carbocycles. The largest absolute Gasteiger partial charge is 0.465 e. The quantitative estimate of drug-likeness (QED) is 0.365. The van der Waals surface area contributed by atoms with Gasteiger partial charge in [0.15, 0.2) is 15.6 Å². The summed E-state index contributed by atoms with van der Waals surface area (Å²) in [6.45, 7) is 4.08. The number of ether oxygens (including phenoxy) is 1. The minimum Gasteiger partial charge on any atom is -0.465 e. The molecule has 1 aliphatic heterocycles. The van der Waals surface area contributed by atoms with Crippen molar-refractivity contribution >= 4 is 27.4 Å². The Balaban J connectivity index is 2.32.